The van der Waals surface area contributed by atoms with Gasteiger partial charge in [0.1, 0.15) is 17.6 Å². The van der Waals surface area contributed by atoms with E-state index in [1.807, 2.05) is 24.3 Å². The number of carbonyl (C=O) groups excluding carboxylic acids is 2. The molecule has 1 aromatic rings. The van der Waals surface area contributed by atoms with Crippen molar-refractivity contribution in [3.05, 3.63) is 29.8 Å². The van der Waals surface area contributed by atoms with Gasteiger partial charge in [0.2, 0.25) is 0 Å². The molecule has 5 aliphatic heterocycles. The number of amides is 1. The van der Waals surface area contributed by atoms with Gasteiger partial charge in [-0.05, 0) is 48.6 Å². The average molecular weight is 525 g/mol. The number of hydrogen-bond acceptors (Lipinski definition) is 8. The van der Waals surface area contributed by atoms with Crippen molar-refractivity contribution in [2.45, 2.75) is 62.9 Å². The zero-order valence-corrected chi connectivity index (χ0v) is 22.0. The second-order valence-electron chi connectivity index (χ2n) is 12.4. The van der Waals surface area contributed by atoms with E-state index in [4.69, 9.17) is 19.3 Å². The second-order valence-corrected chi connectivity index (χ2v) is 12.4. The summed E-state index contributed by atoms with van der Waals surface area (Å²) in [6, 6.07) is 7.40. The Morgan fingerprint density at radius 1 is 1.29 bits per heavy atom. The van der Waals surface area contributed by atoms with E-state index in [1.165, 1.54) is 12.2 Å². The highest BCUT2D eigenvalue weighted by Crippen LogP contribution is 2.57. The van der Waals surface area contributed by atoms with Crippen molar-refractivity contribution in [3.63, 3.8) is 0 Å². The van der Waals surface area contributed by atoms with Crippen LogP contribution in [-0.2, 0) is 29.3 Å². The van der Waals surface area contributed by atoms with E-state index in [-0.39, 0.29) is 66.1 Å². The molecule has 0 radical (unpaired) electrons. The highest BCUT2D eigenvalue weighted by atomic mass is 16.7. The minimum Gasteiger partial charge on any atom is -0.462 e. The van der Waals surface area contributed by atoms with Crippen LogP contribution in [0.5, 0.6) is 0 Å². The average Bonchev–Trinajstić information content (AvgIpc) is 3.53. The van der Waals surface area contributed by atoms with Gasteiger partial charge >= 0.3 is 5.97 Å². The van der Waals surface area contributed by atoms with Crippen LogP contribution in [0.4, 0.5) is 5.69 Å². The van der Waals surface area contributed by atoms with Crippen LogP contribution in [0.3, 0.4) is 0 Å². The molecule has 204 valence electrons. The summed E-state index contributed by atoms with van der Waals surface area (Å²) in [4.78, 5) is 37.5. The van der Waals surface area contributed by atoms with Crippen molar-refractivity contribution in [1.82, 2.24) is 0 Å². The van der Waals surface area contributed by atoms with Crippen LogP contribution in [-0.4, -0.2) is 72.5 Å². The Balaban J connectivity index is 1.21. The number of ether oxygens (including phenoxy) is 2. The molecule has 8 rings (SSSR count). The monoisotopic (exact) mass is 524 g/mol. The molecule has 0 aromatic heterocycles. The maximum absolute atomic E-state index is 13.9. The quantitative estimate of drug-likeness (QED) is 0.565. The normalized spacial score (nSPS) is 45.3. The number of carbonyl (C=O) groups is 2. The fraction of sp³-hybridized carbons (Fsp3) is 0.690. The molecule has 3 saturated heterocycles. The molecule has 1 aromatic carbocycles. The molecule has 12 atom stereocenters. The van der Waals surface area contributed by atoms with Gasteiger partial charge in [0.15, 0.2) is 0 Å². The fourth-order valence-corrected chi connectivity index (χ4v) is 9.08. The van der Waals surface area contributed by atoms with E-state index < -0.39 is 17.6 Å². The maximum atomic E-state index is 13.9. The minimum absolute atomic E-state index is 0.0189. The number of hydrogen-bond donors (Lipinski definition) is 2. The van der Waals surface area contributed by atoms with Crippen LogP contribution in [0.2, 0.25) is 0 Å². The van der Waals surface area contributed by atoms with Crippen molar-refractivity contribution < 1.29 is 34.1 Å². The van der Waals surface area contributed by atoms with E-state index in [1.54, 1.807) is 0 Å². The molecule has 4 bridgehead atoms. The van der Waals surface area contributed by atoms with E-state index in [0.717, 1.165) is 17.7 Å². The van der Waals surface area contributed by atoms with Crippen LogP contribution >= 0.6 is 0 Å². The summed E-state index contributed by atoms with van der Waals surface area (Å²) in [5.74, 6) is -0.554. The summed E-state index contributed by atoms with van der Waals surface area (Å²) in [7, 11) is 1.48. The molecule has 2 saturated carbocycles. The lowest BCUT2D eigenvalue weighted by Gasteiger charge is -2.43. The number of benzene rings is 1. The predicted octanol–water partition coefficient (Wildman–Crippen LogP) is 1.88. The number of aliphatic hydroxyl groups excluding tert-OH is 2. The van der Waals surface area contributed by atoms with Gasteiger partial charge in [-0.3, -0.25) is 19.4 Å². The van der Waals surface area contributed by atoms with Crippen LogP contribution in [0.15, 0.2) is 29.3 Å². The molecule has 5 fully saturated rings. The molecule has 38 heavy (non-hydrogen) atoms. The van der Waals surface area contributed by atoms with Gasteiger partial charge in [-0.2, -0.15) is 5.06 Å². The molecule has 2 aliphatic carbocycles. The van der Waals surface area contributed by atoms with Crippen LogP contribution in [0.25, 0.3) is 0 Å². The molecule has 9 nitrogen and oxygen atoms in total. The second kappa shape index (κ2) is 8.58. The third-order valence-electron chi connectivity index (χ3n) is 10.7. The van der Waals surface area contributed by atoms with Gasteiger partial charge in [0.25, 0.3) is 5.91 Å². The lowest BCUT2D eigenvalue weighted by atomic mass is 9.69. The van der Waals surface area contributed by atoms with E-state index in [0.29, 0.717) is 31.1 Å². The van der Waals surface area contributed by atoms with Crippen LogP contribution in [0, 0.1) is 41.4 Å². The molecule has 5 heterocycles. The minimum atomic E-state index is -1.06. The summed E-state index contributed by atoms with van der Waals surface area (Å²) in [5, 5.41) is 23.2. The summed E-state index contributed by atoms with van der Waals surface area (Å²) < 4.78 is 12.1. The van der Waals surface area contributed by atoms with Gasteiger partial charge < -0.3 is 19.7 Å². The molecule has 1 spiro atoms. The number of aliphatic imine (C=N–C) groups is 1. The molecule has 1 amide bonds. The Morgan fingerprint density at radius 3 is 2.84 bits per heavy atom. The summed E-state index contributed by atoms with van der Waals surface area (Å²) >= 11 is 0. The Bertz CT molecular complexity index is 1200. The van der Waals surface area contributed by atoms with Gasteiger partial charge in [0.05, 0.1) is 37.5 Å². The Morgan fingerprint density at radius 2 is 2.08 bits per heavy atom. The number of hydroxylamine groups is 1. The smallest absolute Gasteiger partial charge is 0.309 e. The van der Waals surface area contributed by atoms with E-state index >= 15 is 0 Å². The third-order valence-corrected chi connectivity index (χ3v) is 10.7. The standard InChI is InChI=1S/C29H36N2O7/c1-13-9-21-22(16(13)11-32)15(27(34)38-21)8-14(2)24-23-17-12-37-26(25(23)33)29(10-19(17)30-24)18-6-4-5-7-20(18)31(36-3)28(29)35/h4-7,13-17,19,21-23,25-26,32-33H,8-12H2,1-3H3/t13-,14+,15-,16+,17+,19-,21-,22+,23+,25-,26+,29-/m0/s1. The first-order chi connectivity index (χ1) is 18.3. The van der Waals surface area contributed by atoms with Crippen molar-refractivity contribution >= 4 is 23.3 Å². The first kappa shape index (κ1) is 24.7. The van der Waals surface area contributed by atoms with Crippen molar-refractivity contribution in [3.8, 4) is 0 Å². The number of esters is 1. The fourth-order valence-electron chi connectivity index (χ4n) is 9.08. The SMILES string of the molecule is CON1C(=O)[C@@]2(C[C@@H]3N=C([C@H](C)C[C@@H]4C(=O)O[C@H]5C[C@H](C)[C@@H](CO)[C@H]54)[C@@H]4[C@H](O)[C@H]2OC[C@@H]43)c2ccccc21. The highest BCUT2D eigenvalue weighted by molar-refractivity contribution is 6.08. The van der Waals surface area contributed by atoms with Crippen LogP contribution < -0.4 is 5.06 Å². The first-order valence-electron chi connectivity index (χ1n) is 14.0. The number of anilines is 1. The Labute approximate surface area is 222 Å². The van der Waals surface area contributed by atoms with Gasteiger partial charge in [-0.25, -0.2) is 0 Å². The maximum Gasteiger partial charge on any atom is 0.309 e. The van der Waals surface area contributed by atoms with Gasteiger partial charge in [-0.15, -0.1) is 0 Å². The third kappa shape index (κ3) is 3.04. The predicted molar refractivity (Wildman–Crippen MR) is 136 cm³/mol. The number of aliphatic hydroxyl groups is 2. The first-order valence-corrected chi connectivity index (χ1v) is 14.0. The highest BCUT2D eigenvalue weighted by Gasteiger charge is 2.68. The van der Waals surface area contributed by atoms with E-state index in [2.05, 4.69) is 13.8 Å². The molecular weight excluding hydrogens is 488 g/mol. The lowest BCUT2D eigenvalue weighted by Crippen LogP contribution is -2.58. The Hall–Kier alpha value is -2.33. The summed E-state index contributed by atoms with van der Waals surface area (Å²) in [6.45, 7) is 4.70. The van der Waals surface area contributed by atoms with Crippen LogP contribution in [0.1, 0.15) is 38.7 Å². The van der Waals surface area contributed by atoms with Crippen molar-refractivity contribution in [2.75, 3.05) is 25.4 Å². The van der Waals surface area contributed by atoms with Gasteiger partial charge in [-0.1, -0.05) is 32.0 Å². The zero-order valence-electron chi connectivity index (χ0n) is 22.0. The van der Waals surface area contributed by atoms with E-state index in [9.17, 15) is 19.8 Å². The molecule has 7 aliphatic rings. The van der Waals surface area contributed by atoms with Crippen molar-refractivity contribution in [2.24, 2.45) is 46.4 Å². The molecule has 9 heteroatoms. The number of rotatable bonds is 5. The topological polar surface area (TPSA) is 118 Å². The number of fused-ring (bicyclic) bond motifs is 3. The number of para-hydroxylation sites is 1. The molecule has 2 N–H and O–H groups in total. The molecular formula is C29H36N2O7. The summed E-state index contributed by atoms with van der Waals surface area (Å²) in [5.41, 5.74) is 1.38. The largest absolute Gasteiger partial charge is 0.462 e. The number of nitrogens with zero attached hydrogens (tertiary/aromatic N) is 2. The molecule has 0 unspecified atom stereocenters. The van der Waals surface area contributed by atoms with Crippen molar-refractivity contribution in [1.29, 1.82) is 0 Å². The zero-order chi connectivity index (χ0) is 26.5. The lowest BCUT2D eigenvalue weighted by molar-refractivity contribution is -0.152. The Kier molecular flexibility index (Phi) is 5.58. The van der Waals surface area contributed by atoms with Gasteiger partial charge in [0, 0.05) is 30.1 Å². The summed E-state index contributed by atoms with van der Waals surface area (Å²) in [6.07, 6.45) is 0.0927.